The Bertz CT molecular complexity index is 519. The Morgan fingerprint density at radius 3 is 2.21 bits per heavy atom. The maximum absolute atomic E-state index is 12.2. The lowest BCUT2D eigenvalue weighted by Gasteiger charge is -2.31. The molecule has 3 N–H and O–H groups in total. The van der Waals surface area contributed by atoms with Gasteiger partial charge >= 0.3 is 0 Å². The van der Waals surface area contributed by atoms with Gasteiger partial charge in [0.05, 0.1) is 4.90 Å². The molecule has 1 fully saturated rings. The molecule has 1 aromatic rings. The summed E-state index contributed by atoms with van der Waals surface area (Å²) in [5.41, 5.74) is 6.69. The van der Waals surface area contributed by atoms with Gasteiger partial charge in [-0.3, -0.25) is 0 Å². The highest BCUT2D eigenvalue weighted by atomic mass is 32.2. The zero-order chi connectivity index (χ0) is 14.0. The SMILES string of the molecule is CC(N)c1ccc(S(=O)(=O)NC(C)C2CCC2)cc1. The Labute approximate surface area is 115 Å². The minimum absolute atomic E-state index is 0.00635. The van der Waals surface area contributed by atoms with Crippen molar-refractivity contribution >= 4 is 10.0 Å². The first kappa shape index (κ1) is 14.5. The monoisotopic (exact) mass is 282 g/mol. The summed E-state index contributed by atoms with van der Waals surface area (Å²) in [6.07, 6.45) is 3.44. The summed E-state index contributed by atoms with van der Waals surface area (Å²) in [5.74, 6) is 0.484. The molecule has 2 atom stereocenters. The highest BCUT2D eigenvalue weighted by molar-refractivity contribution is 7.89. The average Bonchev–Trinajstić information content (AvgIpc) is 2.25. The zero-order valence-corrected chi connectivity index (χ0v) is 12.3. The number of benzene rings is 1. The third kappa shape index (κ3) is 3.35. The summed E-state index contributed by atoms with van der Waals surface area (Å²) in [7, 11) is -3.41. The van der Waals surface area contributed by atoms with E-state index in [1.54, 1.807) is 24.3 Å². The van der Waals surface area contributed by atoms with Crippen molar-refractivity contribution in [3.05, 3.63) is 29.8 Å². The van der Waals surface area contributed by atoms with Crippen molar-refractivity contribution in [3.8, 4) is 0 Å². The summed E-state index contributed by atoms with van der Waals surface area (Å²) in [4.78, 5) is 0.308. The molecule has 0 saturated heterocycles. The van der Waals surface area contributed by atoms with Gasteiger partial charge in [-0.1, -0.05) is 18.6 Å². The lowest BCUT2D eigenvalue weighted by molar-refractivity contribution is 0.260. The van der Waals surface area contributed by atoms with Crippen molar-refractivity contribution in [1.29, 1.82) is 0 Å². The van der Waals surface area contributed by atoms with E-state index in [1.165, 1.54) is 6.42 Å². The molecule has 4 nitrogen and oxygen atoms in total. The predicted octanol–water partition coefficient (Wildman–Crippen LogP) is 2.17. The van der Waals surface area contributed by atoms with E-state index in [1.807, 2.05) is 13.8 Å². The molecule has 0 aliphatic heterocycles. The lowest BCUT2D eigenvalue weighted by Crippen LogP contribution is -2.40. The van der Waals surface area contributed by atoms with Gasteiger partial charge in [-0.05, 0) is 50.3 Å². The molecule has 106 valence electrons. The lowest BCUT2D eigenvalue weighted by atomic mass is 9.81. The largest absolute Gasteiger partial charge is 0.324 e. The van der Waals surface area contributed by atoms with Gasteiger partial charge in [-0.15, -0.1) is 0 Å². The van der Waals surface area contributed by atoms with Crippen molar-refractivity contribution in [2.75, 3.05) is 0 Å². The second-order valence-electron chi connectivity index (χ2n) is 5.46. The fourth-order valence-corrected chi connectivity index (χ4v) is 3.61. The van der Waals surface area contributed by atoms with Crippen LogP contribution < -0.4 is 10.5 Å². The molecule has 1 saturated carbocycles. The first-order valence-corrected chi connectivity index (χ1v) is 8.26. The van der Waals surface area contributed by atoms with Crippen molar-refractivity contribution in [3.63, 3.8) is 0 Å². The van der Waals surface area contributed by atoms with Crippen molar-refractivity contribution < 1.29 is 8.42 Å². The molecular formula is C14H22N2O2S. The molecule has 1 aliphatic carbocycles. The molecule has 0 radical (unpaired) electrons. The fourth-order valence-electron chi connectivity index (χ4n) is 2.30. The average molecular weight is 282 g/mol. The Morgan fingerprint density at radius 2 is 1.79 bits per heavy atom. The van der Waals surface area contributed by atoms with Crippen LogP contribution in [0.5, 0.6) is 0 Å². The third-order valence-electron chi connectivity index (χ3n) is 3.91. The van der Waals surface area contributed by atoms with Crippen LogP contribution in [0.15, 0.2) is 29.2 Å². The molecule has 0 bridgehead atoms. The second kappa shape index (κ2) is 5.61. The Kier molecular flexibility index (Phi) is 4.28. The van der Waals surface area contributed by atoms with Crippen LogP contribution in [0.4, 0.5) is 0 Å². The number of sulfonamides is 1. The van der Waals surface area contributed by atoms with Gasteiger partial charge in [0.1, 0.15) is 0 Å². The van der Waals surface area contributed by atoms with Gasteiger partial charge in [0.15, 0.2) is 0 Å². The topological polar surface area (TPSA) is 72.2 Å². The van der Waals surface area contributed by atoms with E-state index in [2.05, 4.69) is 4.72 Å². The summed E-state index contributed by atoms with van der Waals surface area (Å²) in [6.45, 7) is 3.82. The quantitative estimate of drug-likeness (QED) is 0.869. The van der Waals surface area contributed by atoms with E-state index in [-0.39, 0.29) is 12.1 Å². The fraction of sp³-hybridized carbons (Fsp3) is 0.571. The third-order valence-corrected chi connectivity index (χ3v) is 5.49. The van der Waals surface area contributed by atoms with Crippen LogP contribution in [0.2, 0.25) is 0 Å². The molecule has 0 heterocycles. The molecule has 1 aliphatic rings. The van der Waals surface area contributed by atoms with Gasteiger partial charge in [0.25, 0.3) is 0 Å². The molecule has 5 heteroatoms. The van der Waals surface area contributed by atoms with Gasteiger partial charge in [-0.25, -0.2) is 13.1 Å². The predicted molar refractivity (Wildman–Crippen MR) is 76.2 cm³/mol. The van der Waals surface area contributed by atoms with Crippen LogP contribution in [0.3, 0.4) is 0 Å². The van der Waals surface area contributed by atoms with Crippen LogP contribution in [0.25, 0.3) is 0 Å². The van der Waals surface area contributed by atoms with E-state index in [9.17, 15) is 8.42 Å². The molecule has 0 amide bonds. The number of hydrogen-bond acceptors (Lipinski definition) is 3. The summed E-state index contributed by atoms with van der Waals surface area (Å²) >= 11 is 0. The van der Waals surface area contributed by atoms with E-state index in [0.717, 1.165) is 18.4 Å². The number of nitrogens with two attached hydrogens (primary N) is 1. The molecule has 2 unspecified atom stereocenters. The van der Waals surface area contributed by atoms with Gasteiger partial charge in [0, 0.05) is 12.1 Å². The van der Waals surface area contributed by atoms with E-state index in [4.69, 9.17) is 5.73 Å². The van der Waals surface area contributed by atoms with Crippen molar-refractivity contribution in [2.24, 2.45) is 11.7 Å². The molecule has 2 rings (SSSR count). The van der Waals surface area contributed by atoms with E-state index >= 15 is 0 Å². The molecule has 19 heavy (non-hydrogen) atoms. The Balaban J connectivity index is 2.10. The maximum atomic E-state index is 12.2. The Hall–Kier alpha value is -0.910. The van der Waals surface area contributed by atoms with E-state index < -0.39 is 10.0 Å². The summed E-state index contributed by atoms with van der Waals surface area (Å²) in [6, 6.07) is 6.70. The number of nitrogens with one attached hydrogen (secondary N) is 1. The highest BCUT2D eigenvalue weighted by Gasteiger charge is 2.27. The summed E-state index contributed by atoms with van der Waals surface area (Å²) in [5, 5.41) is 0. The molecular weight excluding hydrogens is 260 g/mol. The van der Waals surface area contributed by atoms with Crippen LogP contribution in [0.1, 0.15) is 44.7 Å². The smallest absolute Gasteiger partial charge is 0.240 e. The van der Waals surface area contributed by atoms with Crippen molar-refractivity contribution in [2.45, 2.75) is 50.1 Å². The Morgan fingerprint density at radius 1 is 1.21 bits per heavy atom. The zero-order valence-electron chi connectivity index (χ0n) is 11.5. The second-order valence-corrected chi connectivity index (χ2v) is 7.17. The molecule has 0 spiro atoms. The minimum atomic E-state index is -3.41. The van der Waals surface area contributed by atoms with Gasteiger partial charge in [-0.2, -0.15) is 0 Å². The van der Waals surface area contributed by atoms with Crippen LogP contribution in [-0.4, -0.2) is 14.5 Å². The number of rotatable bonds is 5. The van der Waals surface area contributed by atoms with Gasteiger partial charge < -0.3 is 5.73 Å². The maximum Gasteiger partial charge on any atom is 0.240 e. The van der Waals surface area contributed by atoms with E-state index in [0.29, 0.717) is 10.8 Å². The highest BCUT2D eigenvalue weighted by Crippen LogP contribution is 2.30. The van der Waals surface area contributed by atoms with Crippen molar-refractivity contribution in [1.82, 2.24) is 4.72 Å². The van der Waals surface area contributed by atoms with Crippen LogP contribution >= 0.6 is 0 Å². The first-order chi connectivity index (χ1) is 8.90. The standard InChI is InChI=1S/C14H22N2O2S/c1-10(15)12-6-8-14(9-7-12)19(17,18)16-11(2)13-4-3-5-13/h6-11,13,16H,3-5,15H2,1-2H3. The van der Waals surface area contributed by atoms with Gasteiger partial charge in [0.2, 0.25) is 10.0 Å². The van der Waals surface area contributed by atoms with Crippen LogP contribution in [0, 0.1) is 5.92 Å². The normalized spacial score (nSPS) is 19.7. The van der Waals surface area contributed by atoms with Crippen LogP contribution in [-0.2, 0) is 10.0 Å². The first-order valence-electron chi connectivity index (χ1n) is 6.78. The number of hydrogen-bond donors (Lipinski definition) is 2. The summed E-state index contributed by atoms with van der Waals surface area (Å²) < 4.78 is 27.2. The molecule has 1 aromatic carbocycles. The molecule has 0 aromatic heterocycles. The minimum Gasteiger partial charge on any atom is -0.324 e.